The van der Waals surface area contributed by atoms with Gasteiger partial charge in [-0.05, 0) is 24.8 Å². The number of nitrogens with zero attached hydrogens (tertiary/aromatic N) is 4. The lowest BCUT2D eigenvalue weighted by molar-refractivity contribution is 0.0767. The molecule has 1 amide bonds. The third-order valence-corrected chi connectivity index (χ3v) is 5.45. The Morgan fingerprint density at radius 2 is 2.14 bits per heavy atom. The second-order valence-electron chi connectivity index (χ2n) is 6.25. The molecular formula is C15H19N5OS. The topological polar surface area (TPSA) is 65.1 Å². The van der Waals surface area contributed by atoms with Gasteiger partial charge in [-0.1, -0.05) is 0 Å². The van der Waals surface area contributed by atoms with E-state index in [0.717, 1.165) is 37.7 Å². The summed E-state index contributed by atoms with van der Waals surface area (Å²) in [6.45, 7) is 6.82. The first-order valence-corrected chi connectivity index (χ1v) is 8.49. The number of carbonyl (C=O) groups is 1. The van der Waals surface area contributed by atoms with Gasteiger partial charge in [-0.15, -0.1) is 11.3 Å². The van der Waals surface area contributed by atoms with Crippen LogP contribution in [0.5, 0.6) is 0 Å². The second-order valence-corrected chi connectivity index (χ2v) is 7.31. The molecule has 2 aliphatic heterocycles. The summed E-state index contributed by atoms with van der Waals surface area (Å²) in [5.41, 5.74) is 1.77. The number of H-pyrrole nitrogens is 1. The molecule has 2 unspecified atom stereocenters. The zero-order valence-electron chi connectivity index (χ0n) is 12.5. The molecule has 2 aromatic rings. The Morgan fingerprint density at radius 3 is 2.73 bits per heavy atom. The fraction of sp³-hybridized carbons (Fsp3) is 0.533. The monoisotopic (exact) mass is 317 g/mol. The van der Waals surface area contributed by atoms with E-state index >= 15 is 0 Å². The molecule has 0 saturated carbocycles. The number of nitrogens with one attached hydrogen (secondary N) is 1. The van der Waals surface area contributed by atoms with Crippen LogP contribution in [0, 0.1) is 18.8 Å². The number of hydrogen-bond acceptors (Lipinski definition) is 5. The number of aromatic amines is 1. The Hall–Kier alpha value is -1.73. The number of thiazole rings is 1. The molecule has 0 radical (unpaired) electrons. The van der Waals surface area contributed by atoms with Crippen molar-refractivity contribution in [2.75, 3.05) is 26.2 Å². The van der Waals surface area contributed by atoms with Gasteiger partial charge in [0.05, 0.1) is 10.7 Å². The van der Waals surface area contributed by atoms with Crippen LogP contribution in [0.3, 0.4) is 0 Å². The van der Waals surface area contributed by atoms with Gasteiger partial charge in [-0.2, -0.15) is 5.10 Å². The number of hydrogen-bond donors (Lipinski definition) is 1. The molecule has 116 valence electrons. The van der Waals surface area contributed by atoms with Gasteiger partial charge in [0.15, 0.2) is 0 Å². The fourth-order valence-corrected chi connectivity index (χ4v) is 4.24. The zero-order valence-corrected chi connectivity index (χ0v) is 13.3. The molecule has 2 fully saturated rings. The molecule has 0 bridgehead atoms. The number of rotatable bonds is 3. The summed E-state index contributed by atoms with van der Waals surface area (Å²) in [5.74, 6) is 1.26. The quantitative estimate of drug-likeness (QED) is 0.929. The minimum Gasteiger partial charge on any atom is -0.337 e. The molecule has 7 heteroatoms. The smallest absolute Gasteiger partial charge is 0.271 e. The van der Waals surface area contributed by atoms with Crippen LogP contribution < -0.4 is 0 Å². The van der Waals surface area contributed by atoms with Crippen molar-refractivity contribution in [3.8, 4) is 0 Å². The van der Waals surface area contributed by atoms with Crippen LogP contribution in [-0.2, 0) is 6.54 Å². The van der Waals surface area contributed by atoms with E-state index in [4.69, 9.17) is 0 Å². The Bertz CT molecular complexity index is 653. The maximum absolute atomic E-state index is 12.3. The molecule has 0 aliphatic carbocycles. The van der Waals surface area contributed by atoms with Crippen LogP contribution in [0.4, 0.5) is 0 Å². The van der Waals surface area contributed by atoms with Gasteiger partial charge in [-0.3, -0.25) is 14.8 Å². The number of aryl methyl sites for hydroxylation is 1. The third kappa shape index (κ3) is 2.55. The fourth-order valence-electron chi connectivity index (χ4n) is 3.64. The zero-order chi connectivity index (χ0) is 15.1. The molecule has 2 aliphatic rings. The van der Waals surface area contributed by atoms with Crippen LogP contribution in [-0.4, -0.2) is 57.1 Å². The Balaban J connectivity index is 1.35. The molecule has 2 saturated heterocycles. The highest BCUT2D eigenvalue weighted by atomic mass is 32.1. The summed E-state index contributed by atoms with van der Waals surface area (Å²) in [7, 11) is 0. The van der Waals surface area contributed by atoms with Crippen molar-refractivity contribution >= 4 is 17.2 Å². The second kappa shape index (κ2) is 5.48. The molecule has 0 aromatic carbocycles. The molecule has 1 N–H and O–H groups in total. The summed E-state index contributed by atoms with van der Waals surface area (Å²) in [6.07, 6.45) is 1.63. The van der Waals surface area contributed by atoms with E-state index < -0.39 is 0 Å². The maximum atomic E-state index is 12.3. The first-order chi connectivity index (χ1) is 10.7. The molecule has 22 heavy (non-hydrogen) atoms. The lowest BCUT2D eigenvalue weighted by Gasteiger charge is -2.20. The molecule has 2 atom stereocenters. The van der Waals surface area contributed by atoms with E-state index in [1.54, 1.807) is 23.6 Å². The number of fused-ring (bicyclic) bond motifs is 1. The van der Waals surface area contributed by atoms with E-state index in [0.29, 0.717) is 17.5 Å². The molecule has 0 spiro atoms. The van der Waals surface area contributed by atoms with Gasteiger partial charge < -0.3 is 4.90 Å². The van der Waals surface area contributed by atoms with Gasteiger partial charge in [0, 0.05) is 44.3 Å². The highest BCUT2D eigenvalue weighted by Gasteiger charge is 2.41. The van der Waals surface area contributed by atoms with Crippen molar-refractivity contribution in [2.45, 2.75) is 13.5 Å². The SMILES string of the molecule is Cc1nc(CN2CC3CN(C(=O)c4ccn[nH]4)CC3C2)cs1. The van der Waals surface area contributed by atoms with E-state index in [1.807, 2.05) is 11.8 Å². The summed E-state index contributed by atoms with van der Waals surface area (Å²) in [5, 5.41) is 9.91. The predicted molar refractivity (Wildman–Crippen MR) is 83.6 cm³/mol. The Kier molecular flexibility index (Phi) is 3.46. The van der Waals surface area contributed by atoms with Crippen molar-refractivity contribution < 1.29 is 4.79 Å². The number of aromatic nitrogens is 3. The van der Waals surface area contributed by atoms with Gasteiger partial charge in [0.2, 0.25) is 0 Å². The highest BCUT2D eigenvalue weighted by Crippen LogP contribution is 2.32. The maximum Gasteiger partial charge on any atom is 0.271 e. The van der Waals surface area contributed by atoms with Crippen molar-refractivity contribution in [2.24, 2.45) is 11.8 Å². The standard InChI is InChI=1S/C15H19N5OS/c1-10-17-13(9-22-10)8-19-4-11-6-20(7-12(11)5-19)15(21)14-2-3-16-18-14/h2-3,9,11-12H,4-8H2,1H3,(H,16,18). The van der Waals surface area contributed by atoms with E-state index in [2.05, 4.69) is 25.5 Å². The number of likely N-dealkylation sites (tertiary alicyclic amines) is 2. The number of amides is 1. The largest absolute Gasteiger partial charge is 0.337 e. The lowest BCUT2D eigenvalue weighted by Crippen LogP contribution is -2.33. The van der Waals surface area contributed by atoms with E-state index in [-0.39, 0.29) is 5.91 Å². The minimum absolute atomic E-state index is 0.0774. The molecule has 4 rings (SSSR count). The first kappa shape index (κ1) is 13.9. The average molecular weight is 317 g/mol. The van der Waals surface area contributed by atoms with Crippen molar-refractivity contribution in [1.82, 2.24) is 25.0 Å². The molecule has 6 nitrogen and oxygen atoms in total. The normalized spacial score (nSPS) is 24.9. The van der Waals surface area contributed by atoms with Crippen LogP contribution in [0.15, 0.2) is 17.6 Å². The Morgan fingerprint density at radius 1 is 1.36 bits per heavy atom. The highest BCUT2D eigenvalue weighted by molar-refractivity contribution is 7.09. The first-order valence-electron chi connectivity index (χ1n) is 7.61. The van der Waals surface area contributed by atoms with Gasteiger partial charge in [0.1, 0.15) is 5.69 Å². The minimum atomic E-state index is 0.0774. The molecule has 4 heterocycles. The van der Waals surface area contributed by atoms with Crippen LogP contribution in [0.2, 0.25) is 0 Å². The van der Waals surface area contributed by atoms with Crippen LogP contribution in [0.25, 0.3) is 0 Å². The van der Waals surface area contributed by atoms with Crippen molar-refractivity contribution in [3.05, 3.63) is 34.0 Å². The Labute approximate surface area is 133 Å². The summed E-state index contributed by atoms with van der Waals surface area (Å²) >= 11 is 1.71. The average Bonchev–Trinajstić information content (AvgIpc) is 3.21. The van der Waals surface area contributed by atoms with Crippen LogP contribution >= 0.6 is 11.3 Å². The predicted octanol–water partition coefficient (Wildman–Crippen LogP) is 1.38. The van der Waals surface area contributed by atoms with Gasteiger partial charge in [0.25, 0.3) is 5.91 Å². The third-order valence-electron chi connectivity index (χ3n) is 4.63. The van der Waals surface area contributed by atoms with Crippen LogP contribution in [0.1, 0.15) is 21.2 Å². The van der Waals surface area contributed by atoms with Gasteiger partial charge >= 0.3 is 0 Å². The lowest BCUT2D eigenvalue weighted by atomic mass is 10.0. The van der Waals surface area contributed by atoms with Gasteiger partial charge in [-0.25, -0.2) is 4.98 Å². The van der Waals surface area contributed by atoms with E-state index in [1.165, 1.54) is 5.69 Å². The summed E-state index contributed by atoms with van der Waals surface area (Å²) in [4.78, 5) is 21.3. The van der Waals surface area contributed by atoms with Crippen molar-refractivity contribution in [3.63, 3.8) is 0 Å². The summed E-state index contributed by atoms with van der Waals surface area (Å²) in [6, 6.07) is 1.74. The molecular weight excluding hydrogens is 298 g/mol. The molecule has 2 aromatic heterocycles. The number of carbonyl (C=O) groups excluding carboxylic acids is 1. The van der Waals surface area contributed by atoms with E-state index in [9.17, 15) is 4.79 Å². The van der Waals surface area contributed by atoms with Crippen molar-refractivity contribution in [1.29, 1.82) is 0 Å². The summed E-state index contributed by atoms with van der Waals surface area (Å²) < 4.78 is 0.